The standard InChI is InChI=1S/C6H13NO2/c1-2-6(4-8)3-7-5-9/h5-6,8H,2-4H2,1H3,(H,7,9). The van der Waals surface area contributed by atoms with Crippen molar-refractivity contribution in [3.05, 3.63) is 0 Å². The molecule has 0 spiro atoms. The normalized spacial score (nSPS) is 12.7. The van der Waals surface area contributed by atoms with Gasteiger partial charge in [0.05, 0.1) is 0 Å². The first-order valence-electron chi connectivity index (χ1n) is 3.13. The van der Waals surface area contributed by atoms with Crippen LogP contribution in [0.25, 0.3) is 0 Å². The third-order valence-corrected chi connectivity index (χ3v) is 1.33. The lowest BCUT2D eigenvalue weighted by atomic mass is 10.1. The van der Waals surface area contributed by atoms with Crippen molar-refractivity contribution in [3.63, 3.8) is 0 Å². The van der Waals surface area contributed by atoms with Crippen molar-refractivity contribution in [2.24, 2.45) is 5.92 Å². The number of aliphatic hydroxyl groups excluding tert-OH is 1. The summed E-state index contributed by atoms with van der Waals surface area (Å²) in [7, 11) is 0. The summed E-state index contributed by atoms with van der Waals surface area (Å²) in [5, 5.41) is 11.1. The molecule has 9 heavy (non-hydrogen) atoms. The molecule has 54 valence electrons. The molecule has 0 heterocycles. The van der Waals surface area contributed by atoms with Crippen molar-refractivity contribution in [1.82, 2.24) is 5.32 Å². The van der Waals surface area contributed by atoms with Crippen LogP contribution in [-0.2, 0) is 4.79 Å². The van der Waals surface area contributed by atoms with E-state index in [0.29, 0.717) is 13.0 Å². The highest BCUT2D eigenvalue weighted by molar-refractivity contribution is 5.45. The highest BCUT2D eigenvalue weighted by atomic mass is 16.3. The van der Waals surface area contributed by atoms with Crippen LogP contribution in [0.15, 0.2) is 0 Å². The number of nitrogens with one attached hydrogen (secondary N) is 1. The van der Waals surface area contributed by atoms with E-state index in [1.165, 1.54) is 0 Å². The maximum absolute atomic E-state index is 9.75. The fourth-order valence-corrected chi connectivity index (χ4v) is 0.553. The zero-order chi connectivity index (χ0) is 7.11. The number of hydrogen-bond donors (Lipinski definition) is 2. The molecule has 1 atom stereocenters. The third kappa shape index (κ3) is 3.97. The molecule has 0 radical (unpaired) electrons. The van der Waals surface area contributed by atoms with E-state index in [0.717, 1.165) is 6.42 Å². The van der Waals surface area contributed by atoms with Gasteiger partial charge in [-0.3, -0.25) is 4.79 Å². The molecule has 0 rings (SSSR count). The molecule has 0 aromatic carbocycles. The van der Waals surface area contributed by atoms with Crippen LogP contribution in [0.1, 0.15) is 13.3 Å². The molecule has 0 bridgehead atoms. The first kappa shape index (κ1) is 8.43. The van der Waals surface area contributed by atoms with Crippen molar-refractivity contribution >= 4 is 6.41 Å². The minimum Gasteiger partial charge on any atom is -0.396 e. The molecule has 0 aliphatic rings. The Kier molecular flexibility index (Phi) is 5.21. The summed E-state index contributed by atoms with van der Waals surface area (Å²) in [6.07, 6.45) is 1.55. The van der Waals surface area contributed by atoms with Crippen LogP contribution in [0.4, 0.5) is 0 Å². The largest absolute Gasteiger partial charge is 0.396 e. The second-order valence-corrected chi connectivity index (χ2v) is 1.98. The van der Waals surface area contributed by atoms with Gasteiger partial charge in [-0.1, -0.05) is 6.92 Å². The Hall–Kier alpha value is -0.570. The SMILES string of the molecule is CCC(CO)CNC=O. The van der Waals surface area contributed by atoms with E-state index in [2.05, 4.69) is 5.32 Å². The van der Waals surface area contributed by atoms with E-state index in [-0.39, 0.29) is 12.5 Å². The Morgan fingerprint density at radius 1 is 1.78 bits per heavy atom. The lowest BCUT2D eigenvalue weighted by Crippen LogP contribution is -2.23. The first-order valence-corrected chi connectivity index (χ1v) is 3.13. The molecule has 0 aliphatic carbocycles. The van der Waals surface area contributed by atoms with Gasteiger partial charge in [-0.05, 0) is 12.3 Å². The van der Waals surface area contributed by atoms with Crippen LogP contribution in [0.3, 0.4) is 0 Å². The van der Waals surface area contributed by atoms with Crippen LogP contribution >= 0.6 is 0 Å². The van der Waals surface area contributed by atoms with Gasteiger partial charge in [0.2, 0.25) is 6.41 Å². The predicted molar refractivity (Wildman–Crippen MR) is 34.9 cm³/mol. The number of carbonyl (C=O) groups excluding carboxylic acids is 1. The van der Waals surface area contributed by atoms with Gasteiger partial charge in [0.25, 0.3) is 0 Å². The number of amides is 1. The molecule has 0 aromatic heterocycles. The minimum absolute atomic E-state index is 0.150. The van der Waals surface area contributed by atoms with Crippen LogP contribution < -0.4 is 5.32 Å². The zero-order valence-electron chi connectivity index (χ0n) is 5.63. The van der Waals surface area contributed by atoms with Gasteiger partial charge >= 0.3 is 0 Å². The van der Waals surface area contributed by atoms with E-state index < -0.39 is 0 Å². The molecule has 3 nitrogen and oxygen atoms in total. The molecule has 1 amide bonds. The number of carbonyl (C=O) groups is 1. The van der Waals surface area contributed by atoms with Gasteiger partial charge < -0.3 is 10.4 Å². The fourth-order valence-electron chi connectivity index (χ4n) is 0.553. The lowest BCUT2D eigenvalue weighted by molar-refractivity contribution is -0.109. The number of hydrogen-bond acceptors (Lipinski definition) is 2. The second kappa shape index (κ2) is 5.56. The molecular formula is C6H13NO2. The highest BCUT2D eigenvalue weighted by Crippen LogP contribution is 1.96. The zero-order valence-corrected chi connectivity index (χ0v) is 5.63. The van der Waals surface area contributed by atoms with Crippen LogP contribution in [0.5, 0.6) is 0 Å². The van der Waals surface area contributed by atoms with Gasteiger partial charge in [-0.2, -0.15) is 0 Å². The van der Waals surface area contributed by atoms with Gasteiger partial charge in [0, 0.05) is 13.2 Å². The molecular weight excluding hydrogens is 118 g/mol. The maximum atomic E-state index is 9.75. The third-order valence-electron chi connectivity index (χ3n) is 1.33. The summed E-state index contributed by atoms with van der Waals surface area (Å²) >= 11 is 0. The van der Waals surface area contributed by atoms with Gasteiger partial charge in [-0.25, -0.2) is 0 Å². The monoisotopic (exact) mass is 131 g/mol. The molecule has 0 saturated heterocycles. The summed E-state index contributed by atoms with van der Waals surface area (Å²) < 4.78 is 0. The molecule has 0 aromatic rings. The van der Waals surface area contributed by atoms with Crippen molar-refractivity contribution in [1.29, 1.82) is 0 Å². The quantitative estimate of drug-likeness (QED) is 0.505. The topological polar surface area (TPSA) is 49.3 Å². The van der Waals surface area contributed by atoms with Crippen molar-refractivity contribution < 1.29 is 9.90 Å². The van der Waals surface area contributed by atoms with E-state index in [4.69, 9.17) is 5.11 Å². The maximum Gasteiger partial charge on any atom is 0.207 e. The molecule has 1 unspecified atom stereocenters. The Morgan fingerprint density at radius 3 is 2.78 bits per heavy atom. The second-order valence-electron chi connectivity index (χ2n) is 1.98. The van der Waals surface area contributed by atoms with Gasteiger partial charge in [0.15, 0.2) is 0 Å². The fraction of sp³-hybridized carbons (Fsp3) is 0.833. The minimum atomic E-state index is 0.150. The summed E-state index contributed by atoms with van der Waals surface area (Å²) in [5.41, 5.74) is 0. The molecule has 3 heteroatoms. The lowest BCUT2D eigenvalue weighted by Gasteiger charge is -2.08. The van der Waals surface area contributed by atoms with Crippen molar-refractivity contribution in [3.8, 4) is 0 Å². The first-order chi connectivity index (χ1) is 4.35. The van der Waals surface area contributed by atoms with Crippen LogP contribution in [0.2, 0.25) is 0 Å². The smallest absolute Gasteiger partial charge is 0.207 e. The summed E-state index contributed by atoms with van der Waals surface area (Å²) in [4.78, 5) is 9.75. The van der Waals surface area contributed by atoms with Gasteiger partial charge in [0.1, 0.15) is 0 Å². The summed E-state index contributed by atoms with van der Waals surface area (Å²) in [5.74, 6) is 0.218. The molecule has 0 aliphatic heterocycles. The Labute approximate surface area is 55.1 Å². The van der Waals surface area contributed by atoms with E-state index in [1.807, 2.05) is 6.92 Å². The van der Waals surface area contributed by atoms with Crippen LogP contribution in [-0.4, -0.2) is 24.7 Å². The van der Waals surface area contributed by atoms with E-state index >= 15 is 0 Å². The predicted octanol–water partition coefficient (Wildman–Crippen LogP) is -0.249. The Morgan fingerprint density at radius 2 is 2.44 bits per heavy atom. The summed E-state index contributed by atoms with van der Waals surface area (Å²) in [6.45, 7) is 2.71. The Balaban J connectivity index is 3.19. The molecule has 0 saturated carbocycles. The number of aliphatic hydroxyl groups is 1. The average molecular weight is 131 g/mol. The Bertz CT molecular complexity index is 71.5. The van der Waals surface area contributed by atoms with Gasteiger partial charge in [-0.15, -0.1) is 0 Å². The van der Waals surface area contributed by atoms with Crippen LogP contribution in [0, 0.1) is 5.92 Å². The highest BCUT2D eigenvalue weighted by Gasteiger charge is 2.01. The average Bonchev–Trinajstić information content (AvgIpc) is 1.91. The van der Waals surface area contributed by atoms with Crippen molar-refractivity contribution in [2.45, 2.75) is 13.3 Å². The van der Waals surface area contributed by atoms with E-state index in [9.17, 15) is 4.79 Å². The van der Waals surface area contributed by atoms with Crippen molar-refractivity contribution in [2.75, 3.05) is 13.2 Å². The molecule has 2 N–H and O–H groups in total. The number of rotatable bonds is 5. The summed E-state index contributed by atoms with van der Waals surface area (Å²) in [6, 6.07) is 0. The molecule has 0 fully saturated rings. The van der Waals surface area contributed by atoms with E-state index in [1.54, 1.807) is 0 Å².